The highest BCUT2D eigenvalue weighted by Gasteiger charge is 2.50. The standard InChI is InChI=1S/C17H22N2O3/c1-16(13-5-3-2-4-6-13)7-9-17(10-8-16)12-18-15(22)19(17)11-14(20)21/h2-6H,7-12H2,1H3,(H,18,22)(H,20,21). The molecule has 0 bridgehead atoms. The van der Waals surface area contributed by atoms with Crippen LogP contribution in [0.5, 0.6) is 0 Å². The Kier molecular flexibility index (Phi) is 3.59. The molecule has 1 aliphatic heterocycles. The van der Waals surface area contributed by atoms with Crippen molar-refractivity contribution in [2.45, 2.75) is 43.6 Å². The molecule has 2 N–H and O–H groups in total. The van der Waals surface area contributed by atoms with Gasteiger partial charge >= 0.3 is 12.0 Å². The summed E-state index contributed by atoms with van der Waals surface area (Å²) in [6, 6.07) is 10.2. The van der Waals surface area contributed by atoms with Crippen LogP contribution in [0.1, 0.15) is 38.2 Å². The van der Waals surface area contributed by atoms with Gasteiger partial charge in [0.1, 0.15) is 6.54 Å². The Hall–Kier alpha value is -2.04. The van der Waals surface area contributed by atoms with Crippen molar-refractivity contribution < 1.29 is 14.7 Å². The maximum absolute atomic E-state index is 12.0. The van der Waals surface area contributed by atoms with E-state index < -0.39 is 5.97 Å². The van der Waals surface area contributed by atoms with Crippen molar-refractivity contribution in [2.75, 3.05) is 13.1 Å². The van der Waals surface area contributed by atoms with E-state index in [2.05, 4.69) is 36.5 Å². The van der Waals surface area contributed by atoms with Gasteiger partial charge in [0.15, 0.2) is 0 Å². The first-order valence-electron chi connectivity index (χ1n) is 7.78. The van der Waals surface area contributed by atoms with E-state index in [1.54, 1.807) is 0 Å². The Labute approximate surface area is 130 Å². The molecular formula is C17H22N2O3. The third-order valence-corrected chi connectivity index (χ3v) is 5.43. The summed E-state index contributed by atoms with van der Waals surface area (Å²) in [5, 5.41) is 11.9. The SMILES string of the molecule is CC1(c2ccccc2)CCC2(CC1)CNC(=O)N2CC(=O)O. The summed E-state index contributed by atoms with van der Waals surface area (Å²) in [5.74, 6) is -0.951. The lowest BCUT2D eigenvalue weighted by Crippen LogP contribution is -2.53. The Morgan fingerprint density at radius 3 is 2.45 bits per heavy atom. The van der Waals surface area contributed by atoms with E-state index in [9.17, 15) is 9.59 Å². The van der Waals surface area contributed by atoms with Crippen molar-refractivity contribution in [3.63, 3.8) is 0 Å². The minimum atomic E-state index is -0.951. The number of hydrogen-bond donors (Lipinski definition) is 2. The third kappa shape index (κ3) is 2.45. The number of hydrogen-bond acceptors (Lipinski definition) is 2. The topological polar surface area (TPSA) is 69.6 Å². The van der Waals surface area contributed by atoms with Crippen LogP contribution >= 0.6 is 0 Å². The smallest absolute Gasteiger partial charge is 0.323 e. The van der Waals surface area contributed by atoms with Crippen molar-refractivity contribution in [2.24, 2.45) is 0 Å². The summed E-state index contributed by atoms with van der Waals surface area (Å²) in [5.41, 5.74) is 1.10. The van der Waals surface area contributed by atoms with Crippen molar-refractivity contribution >= 4 is 12.0 Å². The van der Waals surface area contributed by atoms with Crippen LogP contribution in [0.3, 0.4) is 0 Å². The summed E-state index contributed by atoms with van der Waals surface area (Å²) in [6.07, 6.45) is 3.60. The van der Waals surface area contributed by atoms with E-state index in [-0.39, 0.29) is 23.5 Å². The van der Waals surface area contributed by atoms with E-state index in [0.717, 1.165) is 25.7 Å². The van der Waals surface area contributed by atoms with Crippen LogP contribution in [0.25, 0.3) is 0 Å². The van der Waals surface area contributed by atoms with E-state index >= 15 is 0 Å². The summed E-state index contributed by atoms with van der Waals surface area (Å²) in [4.78, 5) is 24.5. The fraction of sp³-hybridized carbons (Fsp3) is 0.529. The monoisotopic (exact) mass is 302 g/mol. The quantitative estimate of drug-likeness (QED) is 0.900. The Balaban J connectivity index is 1.78. The second-order valence-corrected chi connectivity index (χ2v) is 6.79. The molecule has 1 saturated heterocycles. The van der Waals surface area contributed by atoms with Crippen LogP contribution in [0.4, 0.5) is 4.79 Å². The predicted molar refractivity (Wildman–Crippen MR) is 82.7 cm³/mol. The molecule has 0 unspecified atom stereocenters. The van der Waals surface area contributed by atoms with Gasteiger partial charge in [-0.05, 0) is 36.7 Å². The lowest BCUT2D eigenvalue weighted by Gasteiger charge is -2.46. The number of nitrogens with zero attached hydrogens (tertiary/aromatic N) is 1. The molecule has 118 valence electrons. The van der Waals surface area contributed by atoms with Gasteiger partial charge < -0.3 is 15.3 Å². The molecule has 1 spiro atoms. The summed E-state index contributed by atoms with van der Waals surface area (Å²) in [6.45, 7) is 2.61. The first-order valence-corrected chi connectivity index (χ1v) is 7.78. The first-order chi connectivity index (χ1) is 10.5. The normalized spacial score (nSPS) is 31.3. The minimum absolute atomic E-state index is 0.104. The highest BCUT2D eigenvalue weighted by atomic mass is 16.4. The van der Waals surface area contributed by atoms with Gasteiger partial charge in [0, 0.05) is 6.54 Å². The zero-order valence-corrected chi connectivity index (χ0v) is 12.8. The number of carbonyl (C=O) groups is 2. The first kappa shape index (κ1) is 14.9. The van der Waals surface area contributed by atoms with E-state index in [0.29, 0.717) is 6.54 Å². The summed E-state index contributed by atoms with van der Waals surface area (Å²) in [7, 11) is 0. The van der Waals surface area contributed by atoms with Crippen LogP contribution in [0.2, 0.25) is 0 Å². The van der Waals surface area contributed by atoms with Gasteiger partial charge in [-0.25, -0.2) is 4.79 Å². The van der Waals surface area contributed by atoms with Crippen molar-refractivity contribution in [3.05, 3.63) is 35.9 Å². The summed E-state index contributed by atoms with van der Waals surface area (Å²) >= 11 is 0. The fourth-order valence-corrected chi connectivity index (χ4v) is 3.86. The lowest BCUT2D eigenvalue weighted by atomic mass is 9.65. The lowest BCUT2D eigenvalue weighted by molar-refractivity contribution is -0.138. The minimum Gasteiger partial charge on any atom is -0.480 e. The number of carboxylic acid groups (broad SMARTS) is 1. The van der Waals surface area contributed by atoms with Crippen LogP contribution in [0, 0.1) is 0 Å². The van der Waals surface area contributed by atoms with Crippen molar-refractivity contribution in [1.29, 1.82) is 0 Å². The Bertz CT molecular complexity index is 577. The maximum Gasteiger partial charge on any atom is 0.323 e. The average Bonchev–Trinajstić information content (AvgIpc) is 2.81. The molecule has 0 radical (unpaired) electrons. The highest BCUT2D eigenvalue weighted by Crippen LogP contribution is 2.46. The molecule has 2 amide bonds. The molecule has 1 aromatic rings. The van der Waals surface area contributed by atoms with Crippen LogP contribution < -0.4 is 5.32 Å². The van der Waals surface area contributed by atoms with E-state index in [4.69, 9.17) is 5.11 Å². The fourth-order valence-electron chi connectivity index (χ4n) is 3.86. The predicted octanol–water partition coefficient (Wildman–Crippen LogP) is 2.37. The molecule has 1 aliphatic carbocycles. The molecule has 2 fully saturated rings. The molecule has 5 heteroatoms. The number of rotatable bonds is 3. The van der Waals surface area contributed by atoms with Gasteiger partial charge in [0.25, 0.3) is 0 Å². The number of carbonyl (C=O) groups excluding carboxylic acids is 1. The van der Waals surface area contributed by atoms with Gasteiger partial charge in [-0.15, -0.1) is 0 Å². The molecule has 5 nitrogen and oxygen atoms in total. The second kappa shape index (κ2) is 5.30. The second-order valence-electron chi connectivity index (χ2n) is 6.79. The number of nitrogens with one attached hydrogen (secondary N) is 1. The number of urea groups is 1. The Morgan fingerprint density at radius 1 is 1.23 bits per heavy atom. The third-order valence-electron chi connectivity index (χ3n) is 5.43. The van der Waals surface area contributed by atoms with Crippen molar-refractivity contribution in [3.8, 4) is 0 Å². The van der Waals surface area contributed by atoms with Crippen molar-refractivity contribution in [1.82, 2.24) is 10.2 Å². The number of benzene rings is 1. The van der Waals surface area contributed by atoms with Crippen LogP contribution in [0.15, 0.2) is 30.3 Å². The number of aliphatic carboxylic acids is 1. The van der Waals surface area contributed by atoms with Gasteiger partial charge in [-0.1, -0.05) is 37.3 Å². The van der Waals surface area contributed by atoms with E-state index in [1.165, 1.54) is 10.5 Å². The number of amides is 2. The largest absolute Gasteiger partial charge is 0.480 e. The maximum atomic E-state index is 12.0. The molecule has 2 aliphatic rings. The van der Waals surface area contributed by atoms with Gasteiger partial charge in [-0.3, -0.25) is 4.79 Å². The average molecular weight is 302 g/mol. The highest BCUT2D eigenvalue weighted by molar-refractivity contribution is 5.83. The molecule has 22 heavy (non-hydrogen) atoms. The molecule has 1 saturated carbocycles. The van der Waals surface area contributed by atoms with Gasteiger partial charge in [0.05, 0.1) is 5.54 Å². The van der Waals surface area contributed by atoms with Crippen LogP contribution in [-0.4, -0.2) is 40.6 Å². The molecule has 0 aromatic heterocycles. The molecule has 1 aromatic carbocycles. The van der Waals surface area contributed by atoms with Gasteiger partial charge in [0.2, 0.25) is 0 Å². The van der Waals surface area contributed by atoms with E-state index in [1.807, 2.05) is 6.07 Å². The zero-order valence-electron chi connectivity index (χ0n) is 12.8. The van der Waals surface area contributed by atoms with Crippen LogP contribution in [-0.2, 0) is 10.2 Å². The molecule has 0 atom stereocenters. The zero-order chi connectivity index (χ0) is 15.8. The molecular weight excluding hydrogens is 280 g/mol. The molecule has 1 heterocycles. The summed E-state index contributed by atoms with van der Waals surface area (Å²) < 4.78 is 0. The number of carboxylic acids is 1. The van der Waals surface area contributed by atoms with Gasteiger partial charge in [-0.2, -0.15) is 0 Å². The molecule has 3 rings (SSSR count). The Morgan fingerprint density at radius 2 is 1.86 bits per heavy atom.